The molecule has 1 unspecified atom stereocenters. The molecule has 0 fully saturated rings. The Bertz CT molecular complexity index is 385. The minimum absolute atomic E-state index is 0.142. The Morgan fingerprint density at radius 1 is 1.05 bits per heavy atom. The van der Waals surface area contributed by atoms with Gasteiger partial charge in [0.15, 0.2) is 0 Å². The fraction of sp³-hybridized carbons (Fsp3) is 0.684. The van der Waals surface area contributed by atoms with Gasteiger partial charge in [-0.1, -0.05) is 81.7 Å². The van der Waals surface area contributed by atoms with Crippen molar-refractivity contribution in [2.75, 3.05) is 13.2 Å². The molecule has 0 saturated heterocycles. The number of hydrogen-bond acceptors (Lipinski definition) is 2. The summed E-state index contributed by atoms with van der Waals surface area (Å²) in [5.74, 6) is 0. The van der Waals surface area contributed by atoms with E-state index in [0.29, 0.717) is 6.54 Å². The number of aryl methyl sites for hydroxylation is 1. The second-order valence-corrected chi connectivity index (χ2v) is 6.38. The first-order valence-electron chi connectivity index (χ1n) is 8.56. The Hall–Kier alpha value is -0.860. The zero-order valence-electron chi connectivity index (χ0n) is 13.9. The molecule has 0 heterocycles. The summed E-state index contributed by atoms with van der Waals surface area (Å²) in [7, 11) is 0. The maximum absolute atomic E-state index is 9.91. The Morgan fingerprint density at radius 3 is 2.29 bits per heavy atom. The number of nitrogens with two attached hydrogens (primary N) is 1. The molecule has 0 aliphatic rings. The number of unbranched alkanes of at least 4 members (excludes halogenated alkanes) is 6. The standard InChI is InChI=1S/C19H33NO/c1-3-4-5-6-7-8-9-13-19(15-20,16-21)18-12-10-11-17(2)14-18/h10-12,14,21H,3-9,13,15-16,20H2,1-2H3. The molecule has 0 aliphatic carbocycles. The minimum Gasteiger partial charge on any atom is -0.395 e. The van der Waals surface area contributed by atoms with Gasteiger partial charge < -0.3 is 10.8 Å². The van der Waals surface area contributed by atoms with E-state index in [1.54, 1.807) is 0 Å². The quantitative estimate of drug-likeness (QED) is 0.596. The number of benzene rings is 1. The summed E-state index contributed by atoms with van der Waals surface area (Å²) in [5, 5.41) is 9.91. The molecule has 0 radical (unpaired) electrons. The van der Waals surface area contributed by atoms with Crippen molar-refractivity contribution in [2.24, 2.45) is 5.73 Å². The van der Waals surface area contributed by atoms with Crippen LogP contribution in [0.25, 0.3) is 0 Å². The number of rotatable bonds is 11. The van der Waals surface area contributed by atoms with Crippen LogP contribution in [-0.4, -0.2) is 18.3 Å². The Labute approximate surface area is 130 Å². The molecular weight excluding hydrogens is 258 g/mol. The van der Waals surface area contributed by atoms with Crippen LogP contribution >= 0.6 is 0 Å². The van der Waals surface area contributed by atoms with E-state index < -0.39 is 0 Å². The van der Waals surface area contributed by atoms with Crippen molar-refractivity contribution in [3.8, 4) is 0 Å². The topological polar surface area (TPSA) is 46.2 Å². The maximum atomic E-state index is 9.91. The minimum atomic E-state index is -0.255. The predicted octanol–water partition coefficient (Wildman–Crippen LogP) is 4.32. The molecule has 1 atom stereocenters. The van der Waals surface area contributed by atoms with Crippen molar-refractivity contribution in [3.05, 3.63) is 35.4 Å². The number of aliphatic hydroxyl groups excluding tert-OH is 1. The second-order valence-electron chi connectivity index (χ2n) is 6.38. The van der Waals surface area contributed by atoms with Gasteiger partial charge in [-0.15, -0.1) is 0 Å². The van der Waals surface area contributed by atoms with Gasteiger partial charge in [0, 0.05) is 12.0 Å². The third-order valence-corrected chi connectivity index (χ3v) is 4.58. The molecule has 0 bridgehead atoms. The van der Waals surface area contributed by atoms with Crippen LogP contribution in [0, 0.1) is 6.92 Å². The summed E-state index contributed by atoms with van der Waals surface area (Å²) in [5.41, 5.74) is 8.19. The lowest BCUT2D eigenvalue weighted by atomic mass is 9.76. The van der Waals surface area contributed by atoms with Gasteiger partial charge in [0.05, 0.1) is 6.61 Å². The van der Waals surface area contributed by atoms with Crippen LogP contribution in [0.2, 0.25) is 0 Å². The van der Waals surface area contributed by atoms with Crippen LogP contribution in [0.15, 0.2) is 24.3 Å². The summed E-state index contributed by atoms with van der Waals surface area (Å²) >= 11 is 0. The van der Waals surface area contributed by atoms with Gasteiger partial charge in [-0.2, -0.15) is 0 Å². The second kappa shape index (κ2) is 9.97. The van der Waals surface area contributed by atoms with E-state index in [-0.39, 0.29) is 12.0 Å². The summed E-state index contributed by atoms with van der Waals surface area (Å²) in [6.45, 7) is 5.00. The zero-order valence-corrected chi connectivity index (χ0v) is 13.9. The zero-order chi connectivity index (χ0) is 15.6. The fourth-order valence-corrected chi connectivity index (χ4v) is 2.99. The lowest BCUT2D eigenvalue weighted by Crippen LogP contribution is -2.38. The normalized spacial score (nSPS) is 14.1. The summed E-state index contributed by atoms with van der Waals surface area (Å²) < 4.78 is 0. The maximum Gasteiger partial charge on any atom is 0.0540 e. The van der Waals surface area contributed by atoms with E-state index in [1.807, 2.05) is 0 Å². The molecular formula is C19H33NO. The highest BCUT2D eigenvalue weighted by Crippen LogP contribution is 2.30. The van der Waals surface area contributed by atoms with Crippen LogP contribution in [0.3, 0.4) is 0 Å². The molecule has 0 amide bonds. The molecule has 120 valence electrons. The van der Waals surface area contributed by atoms with Gasteiger partial charge in [-0.25, -0.2) is 0 Å². The van der Waals surface area contributed by atoms with Crippen molar-refractivity contribution in [1.82, 2.24) is 0 Å². The molecule has 0 aromatic heterocycles. The molecule has 2 nitrogen and oxygen atoms in total. The highest BCUT2D eigenvalue weighted by atomic mass is 16.3. The molecule has 1 aromatic rings. The molecule has 21 heavy (non-hydrogen) atoms. The lowest BCUT2D eigenvalue weighted by molar-refractivity contribution is 0.184. The molecule has 3 N–H and O–H groups in total. The van der Waals surface area contributed by atoms with Crippen LogP contribution in [0.4, 0.5) is 0 Å². The van der Waals surface area contributed by atoms with E-state index in [1.165, 1.54) is 49.7 Å². The molecule has 0 spiro atoms. The average molecular weight is 291 g/mol. The third-order valence-electron chi connectivity index (χ3n) is 4.58. The van der Waals surface area contributed by atoms with E-state index in [2.05, 4.69) is 38.1 Å². The first kappa shape index (κ1) is 18.2. The van der Waals surface area contributed by atoms with Crippen molar-refractivity contribution in [2.45, 2.75) is 70.6 Å². The predicted molar refractivity (Wildman–Crippen MR) is 91.6 cm³/mol. The highest BCUT2D eigenvalue weighted by molar-refractivity contribution is 5.30. The highest BCUT2D eigenvalue weighted by Gasteiger charge is 2.29. The van der Waals surface area contributed by atoms with E-state index in [9.17, 15) is 5.11 Å². The van der Waals surface area contributed by atoms with Crippen LogP contribution in [-0.2, 0) is 5.41 Å². The van der Waals surface area contributed by atoms with Gasteiger partial charge in [0.1, 0.15) is 0 Å². The Morgan fingerprint density at radius 2 is 1.71 bits per heavy atom. The molecule has 2 heteroatoms. The van der Waals surface area contributed by atoms with Gasteiger partial charge in [0.2, 0.25) is 0 Å². The van der Waals surface area contributed by atoms with Gasteiger partial charge in [-0.3, -0.25) is 0 Å². The Balaban J connectivity index is 2.49. The molecule has 1 aromatic carbocycles. The summed E-state index contributed by atoms with van der Waals surface area (Å²) in [4.78, 5) is 0. The van der Waals surface area contributed by atoms with Gasteiger partial charge in [-0.05, 0) is 18.9 Å². The average Bonchev–Trinajstić information content (AvgIpc) is 2.51. The fourth-order valence-electron chi connectivity index (χ4n) is 2.99. The first-order valence-corrected chi connectivity index (χ1v) is 8.56. The number of aliphatic hydroxyl groups is 1. The third kappa shape index (κ3) is 5.80. The van der Waals surface area contributed by atoms with Gasteiger partial charge >= 0.3 is 0 Å². The van der Waals surface area contributed by atoms with Crippen LogP contribution < -0.4 is 5.73 Å². The van der Waals surface area contributed by atoms with E-state index >= 15 is 0 Å². The smallest absolute Gasteiger partial charge is 0.0540 e. The molecule has 0 aliphatic heterocycles. The first-order chi connectivity index (χ1) is 10.2. The summed E-state index contributed by atoms with van der Waals surface area (Å²) in [6.07, 6.45) is 10.0. The molecule has 0 saturated carbocycles. The van der Waals surface area contributed by atoms with Gasteiger partial charge in [0.25, 0.3) is 0 Å². The van der Waals surface area contributed by atoms with Crippen molar-refractivity contribution in [1.29, 1.82) is 0 Å². The van der Waals surface area contributed by atoms with Crippen molar-refractivity contribution < 1.29 is 5.11 Å². The van der Waals surface area contributed by atoms with Crippen LogP contribution in [0.1, 0.15) is 69.4 Å². The lowest BCUT2D eigenvalue weighted by Gasteiger charge is -2.31. The Kier molecular flexibility index (Phi) is 8.63. The largest absolute Gasteiger partial charge is 0.395 e. The summed E-state index contributed by atoms with van der Waals surface area (Å²) in [6, 6.07) is 8.44. The van der Waals surface area contributed by atoms with Crippen LogP contribution in [0.5, 0.6) is 0 Å². The number of hydrogen-bond donors (Lipinski definition) is 2. The van der Waals surface area contributed by atoms with E-state index in [0.717, 1.165) is 12.8 Å². The monoisotopic (exact) mass is 291 g/mol. The van der Waals surface area contributed by atoms with E-state index in [4.69, 9.17) is 5.73 Å². The SMILES string of the molecule is CCCCCCCCCC(CN)(CO)c1cccc(C)c1. The van der Waals surface area contributed by atoms with Crippen molar-refractivity contribution >= 4 is 0 Å². The van der Waals surface area contributed by atoms with Crippen molar-refractivity contribution in [3.63, 3.8) is 0 Å². The molecule has 1 rings (SSSR count).